The lowest BCUT2D eigenvalue weighted by molar-refractivity contribution is -0.116. The Morgan fingerprint density at radius 3 is 2.80 bits per heavy atom. The van der Waals surface area contributed by atoms with Crippen molar-refractivity contribution >= 4 is 23.7 Å². The molecule has 1 heterocycles. The van der Waals surface area contributed by atoms with E-state index in [9.17, 15) is 13.6 Å². The molecule has 0 aliphatic rings. The minimum absolute atomic E-state index is 0.167. The van der Waals surface area contributed by atoms with E-state index >= 15 is 0 Å². The Hall–Kier alpha value is -2.35. The van der Waals surface area contributed by atoms with Crippen LogP contribution in [0, 0.1) is 16.4 Å². The van der Waals surface area contributed by atoms with Gasteiger partial charge in [-0.15, -0.1) is 0 Å². The number of rotatable bonds is 6. The fourth-order valence-corrected chi connectivity index (χ4v) is 2.84. The number of hydrogen-bond donors (Lipinski definition) is 2. The SMILES string of the molecule is C/C(=C/C(=O)NCCc1n[nH]c(=S)n1C(C)C)c1ccc(F)cc1F. The highest BCUT2D eigenvalue weighted by atomic mass is 32.1. The maximum Gasteiger partial charge on any atom is 0.244 e. The summed E-state index contributed by atoms with van der Waals surface area (Å²) in [5, 5.41) is 9.62. The number of nitrogens with one attached hydrogen (secondary N) is 2. The second kappa shape index (κ2) is 8.15. The van der Waals surface area contributed by atoms with Gasteiger partial charge in [-0.05, 0) is 50.7 Å². The summed E-state index contributed by atoms with van der Waals surface area (Å²) in [6.45, 7) is 5.95. The number of amides is 1. The first-order valence-electron chi connectivity index (χ1n) is 7.87. The second-order valence-corrected chi connectivity index (χ2v) is 6.29. The van der Waals surface area contributed by atoms with Gasteiger partial charge in [0, 0.05) is 36.7 Å². The highest BCUT2D eigenvalue weighted by Crippen LogP contribution is 2.18. The van der Waals surface area contributed by atoms with Crippen molar-refractivity contribution in [2.24, 2.45) is 0 Å². The summed E-state index contributed by atoms with van der Waals surface area (Å²) in [4.78, 5) is 12.0. The predicted molar refractivity (Wildman–Crippen MR) is 94.5 cm³/mol. The molecule has 0 spiro atoms. The van der Waals surface area contributed by atoms with E-state index in [1.54, 1.807) is 6.92 Å². The third-order valence-electron chi connectivity index (χ3n) is 3.65. The fourth-order valence-electron chi connectivity index (χ4n) is 2.48. The van der Waals surface area contributed by atoms with Gasteiger partial charge in [-0.2, -0.15) is 5.10 Å². The molecule has 8 heteroatoms. The summed E-state index contributed by atoms with van der Waals surface area (Å²) in [6.07, 6.45) is 1.80. The first-order chi connectivity index (χ1) is 11.8. The molecule has 0 saturated heterocycles. The summed E-state index contributed by atoms with van der Waals surface area (Å²) in [5.41, 5.74) is 0.608. The molecule has 0 aliphatic carbocycles. The lowest BCUT2D eigenvalue weighted by Gasteiger charge is -2.10. The lowest BCUT2D eigenvalue weighted by Crippen LogP contribution is -2.25. The summed E-state index contributed by atoms with van der Waals surface area (Å²) in [5.74, 6) is -0.955. The van der Waals surface area contributed by atoms with Crippen molar-refractivity contribution in [2.75, 3.05) is 6.54 Å². The van der Waals surface area contributed by atoms with Crippen LogP contribution in [-0.4, -0.2) is 27.2 Å². The number of carbonyl (C=O) groups is 1. The van der Waals surface area contributed by atoms with E-state index in [0.29, 0.717) is 23.3 Å². The predicted octanol–water partition coefficient (Wildman–Crippen LogP) is 3.56. The van der Waals surface area contributed by atoms with E-state index in [2.05, 4.69) is 15.5 Å². The Morgan fingerprint density at radius 2 is 2.16 bits per heavy atom. The molecule has 0 atom stereocenters. The Kier molecular flexibility index (Phi) is 6.19. The van der Waals surface area contributed by atoms with Crippen LogP contribution in [0.5, 0.6) is 0 Å². The molecule has 0 saturated carbocycles. The van der Waals surface area contributed by atoms with Gasteiger partial charge in [-0.25, -0.2) is 8.78 Å². The molecule has 0 bridgehead atoms. The van der Waals surface area contributed by atoms with Crippen LogP contribution >= 0.6 is 12.2 Å². The van der Waals surface area contributed by atoms with Crippen LogP contribution in [0.3, 0.4) is 0 Å². The third kappa shape index (κ3) is 4.82. The number of hydrogen-bond acceptors (Lipinski definition) is 3. The van der Waals surface area contributed by atoms with E-state index in [0.717, 1.165) is 18.0 Å². The van der Waals surface area contributed by atoms with Crippen LogP contribution in [0.25, 0.3) is 5.57 Å². The molecule has 1 amide bonds. The number of carbonyl (C=O) groups excluding carboxylic acids is 1. The van der Waals surface area contributed by atoms with Gasteiger partial charge in [0.05, 0.1) is 0 Å². The average molecular weight is 366 g/mol. The first kappa shape index (κ1) is 19.0. The zero-order valence-corrected chi connectivity index (χ0v) is 15.1. The molecule has 25 heavy (non-hydrogen) atoms. The van der Waals surface area contributed by atoms with Crippen LogP contribution < -0.4 is 5.32 Å². The number of aromatic amines is 1. The first-order valence-corrected chi connectivity index (χ1v) is 8.27. The van der Waals surface area contributed by atoms with Gasteiger partial charge in [0.1, 0.15) is 17.5 Å². The summed E-state index contributed by atoms with van der Waals surface area (Å²) in [7, 11) is 0. The molecule has 1 aromatic carbocycles. The summed E-state index contributed by atoms with van der Waals surface area (Å²) >= 11 is 5.17. The Balaban J connectivity index is 1.98. The van der Waals surface area contributed by atoms with E-state index in [-0.39, 0.29) is 17.5 Å². The number of H-pyrrole nitrogens is 1. The van der Waals surface area contributed by atoms with Crippen LogP contribution in [0.1, 0.15) is 38.2 Å². The van der Waals surface area contributed by atoms with Crippen molar-refractivity contribution in [3.8, 4) is 0 Å². The Morgan fingerprint density at radius 1 is 1.44 bits per heavy atom. The van der Waals surface area contributed by atoms with Crippen molar-refractivity contribution in [3.63, 3.8) is 0 Å². The third-order valence-corrected chi connectivity index (χ3v) is 3.93. The van der Waals surface area contributed by atoms with Gasteiger partial charge >= 0.3 is 0 Å². The maximum absolute atomic E-state index is 13.7. The van der Waals surface area contributed by atoms with Crippen molar-refractivity contribution < 1.29 is 13.6 Å². The quantitative estimate of drug-likeness (QED) is 0.607. The standard InChI is InChI=1S/C17H20F2N4OS/c1-10(2)23-15(21-22-17(23)25)6-7-20-16(24)8-11(3)13-5-4-12(18)9-14(13)19/h4-5,8-10H,6-7H2,1-3H3,(H,20,24)(H,22,25)/b11-8-. The van der Waals surface area contributed by atoms with E-state index in [1.165, 1.54) is 12.1 Å². The van der Waals surface area contributed by atoms with Crippen LogP contribution in [0.2, 0.25) is 0 Å². The molecule has 0 fully saturated rings. The number of nitrogens with zero attached hydrogens (tertiary/aromatic N) is 2. The van der Waals surface area contributed by atoms with Crippen molar-refractivity contribution in [1.29, 1.82) is 0 Å². The molecule has 2 N–H and O–H groups in total. The zero-order chi connectivity index (χ0) is 18.6. The van der Waals surface area contributed by atoms with Gasteiger partial charge in [-0.1, -0.05) is 0 Å². The zero-order valence-electron chi connectivity index (χ0n) is 14.3. The largest absolute Gasteiger partial charge is 0.352 e. The number of aromatic nitrogens is 3. The minimum atomic E-state index is -0.700. The molecule has 1 aromatic heterocycles. The van der Waals surface area contributed by atoms with Crippen molar-refractivity contribution in [1.82, 2.24) is 20.1 Å². The van der Waals surface area contributed by atoms with Crippen molar-refractivity contribution in [2.45, 2.75) is 33.2 Å². The molecular formula is C17H20F2N4OS. The molecule has 5 nitrogen and oxygen atoms in total. The van der Waals surface area contributed by atoms with Crippen molar-refractivity contribution in [3.05, 3.63) is 52.1 Å². The Bertz CT molecular complexity index is 855. The number of benzene rings is 1. The minimum Gasteiger partial charge on any atom is -0.352 e. The number of allylic oxidation sites excluding steroid dienone is 1. The number of halogens is 2. The smallest absolute Gasteiger partial charge is 0.244 e. The molecule has 134 valence electrons. The highest BCUT2D eigenvalue weighted by Gasteiger charge is 2.10. The highest BCUT2D eigenvalue weighted by molar-refractivity contribution is 7.71. The van der Waals surface area contributed by atoms with E-state index in [1.807, 2.05) is 18.4 Å². The normalized spacial score (nSPS) is 11.8. The maximum atomic E-state index is 13.7. The van der Waals surface area contributed by atoms with Crippen LogP contribution in [-0.2, 0) is 11.2 Å². The molecule has 0 radical (unpaired) electrons. The van der Waals surface area contributed by atoms with E-state index in [4.69, 9.17) is 12.2 Å². The molecule has 0 aliphatic heterocycles. The molecule has 0 unspecified atom stereocenters. The van der Waals surface area contributed by atoms with Crippen LogP contribution in [0.15, 0.2) is 24.3 Å². The van der Waals surface area contributed by atoms with Gasteiger partial charge in [0.15, 0.2) is 4.77 Å². The van der Waals surface area contributed by atoms with Crippen LogP contribution in [0.4, 0.5) is 8.78 Å². The monoisotopic (exact) mass is 366 g/mol. The molecular weight excluding hydrogens is 346 g/mol. The van der Waals surface area contributed by atoms with Gasteiger partial charge in [0.2, 0.25) is 5.91 Å². The van der Waals surface area contributed by atoms with Gasteiger partial charge in [0.25, 0.3) is 0 Å². The fraction of sp³-hybridized carbons (Fsp3) is 0.353. The average Bonchev–Trinajstić information content (AvgIpc) is 2.88. The Labute approximate surface area is 149 Å². The lowest BCUT2D eigenvalue weighted by atomic mass is 10.1. The van der Waals surface area contributed by atoms with Gasteiger partial charge in [-0.3, -0.25) is 9.89 Å². The summed E-state index contributed by atoms with van der Waals surface area (Å²) < 4.78 is 29.1. The summed E-state index contributed by atoms with van der Waals surface area (Å²) in [6, 6.07) is 3.42. The second-order valence-electron chi connectivity index (χ2n) is 5.90. The molecule has 2 rings (SSSR count). The topological polar surface area (TPSA) is 62.7 Å². The van der Waals surface area contributed by atoms with E-state index < -0.39 is 11.6 Å². The molecule has 2 aromatic rings. The van der Waals surface area contributed by atoms with Gasteiger partial charge < -0.3 is 9.88 Å².